The Hall–Kier alpha value is -1.71. The number of carbonyl (C=O) groups excluding carboxylic acids is 1. The van der Waals surface area contributed by atoms with Crippen molar-refractivity contribution >= 4 is 5.97 Å². The Bertz CT molecular complexity index is 425. The molecule has 0 fully saturated rings. The topological polar surface area (TPSA) is 44.8 Å². The van der Waals surface area contributed by atoms with Crippen LogP contribution in [-0.2, 0) is 16.0 Å². The second kappa shape index (κ2) is 4.04. The monoisotopic (exact) mass is 222 g/mol. The zero-order valence-corrected chi connectivity index (χ0v) is 9.57. The largest absolute Gasteiger partial charge is 0.493 e. The molecule has 0 spiro atoms. The summed E-state index contributed by atoms with van der Waals surface area (Å²) in [4.78, 5) is 11.3. The third-order valence-corrected chi connectivity index (χ3v) is 2.72. The Balaban J connectivity index is 2.58. The SMILES string of the molecule is COc1ccc2c(c1OC)C(C)OC(=O)C2. The summed E-state index contributed by atoms with van der Waals surface area (Å²) in [5.41, 5.74) is 1.85. The van der Waals surface area contributed by atoms with E-state index in [4.69, 9.17) is 14.2 Å². The van der Waals surface area contributed by atoms with Gasteiger partial charge in [0.2, 0.25) is 0 Å². The molecule has 1 aromatic carbocycles. The fourth-order valence-corrected chi connectivity index (χ4v) is 2.04. The highest BCUT2D eigenvalue weighted by molar-refractivity contribution is 5.76. The van der Waals surface area contributed by atoms with Gasteiger partial charge in [0.1, 0.15) is 6.10 Å². The lowest BCUT2D eigenvalue weighted by Gasteiger charge is -2.25. The van der Waals surface area contributed by atoms with Gasteiger partial charge in [-0.05, 0) is 18.6 Å². The number of hydrogen-bond donors (Lipinski definition) is 0. The summed E-state index contributed by atoms with van der Waals surface area (Å²) in [5, 5.41) is 0. The number of esters is 1. The highest BCUT2D eigenvalue weighted by Crippen LogP contribution is 2.40. The fraction of sp³-hybridized carbons (Fsp3) is 0.417. The molecule has 0 amide bonds. The van der Waals surface area contributed by atoms with Crippen molar-refractivity contribution in [1.82, 2.24) is 0 Å². The summed E-state index contributed by atoms with van der Waals surface area (Å²) in [6.45, 7) is 1.83. The predicted octanol–water partition coefficient (Wildman–Crippen LogP) is 1.86. The molecule has 0 saturated carbocycles. The Morgan fingerprint density at radius 3 is 2.69 bits per heavy atom. The van der Waals surface area contributed by atoms with E-state index in [1.807, 2.05) is 19.1 Å². The molecule has 1 aromatic rings. The average Bonchev–Trinajstić information content (AvgIpc) is 2.27. The van der Waals surface area contributed by atoms with Gasteiger partial charge in [-0.15, -0.1) is 0 Å². The standard InChI is InChI=1S/C12H14O4/c1-7-11-8(6-10(13)16-7)4-5-9(14-2)12(11)15-3/h4-5,7H,6H2,1-3H3. The summed E-state index contributed by atoms with van der Waals surface area (Å²) in [5.74, 6) is 1.11. The molecule has 0 aliphatic carbocycles. The smallest absolute Gasteiger partial charge is 0.310 e. The zero-order valence-electron chi connectivity index (χ0n) is 9.57. The maximum absolute atomic E-state index is 11.3. The molecule has 0 bridgehead atoms. The molecule has 0 saturated heterocycles. The molecular formula is C12H14O4. The highest BCUT2D eigenvalue weighted by atomic mass is 16.5. The van der Waals surface area contributed by atoms with Crippen molar-refractivity contribution in [2.45, 2.75) is 19.4 Å². The molecule has 16 heavy (non-hydrogen) atoms. The van der Waals surface area contributed by atoms with Crippen LogP contribution in [-0.4, -0.2) is 20.2 Å². The van der Waals surface area contributed by atoms with Gasteiger partial charge in [-0.1, -0.05) is 6.07 Å². The van der Waals surface area contributed by atoms with Crippen molar-refractivity contribution in [3.8, 4) is 11.5 Å². The Morgan fingerprint density at radius 1 is 1.31 bits per heavy atom. The molecule has 1 aliphatic rings. The minimum Gasteiger partial charge on any atom is -0.493 e. The highest BCUT2D eigenvalue weighted by Gasteiger charge is 2.28. The van der Waals surface area contributed by atoms with Gasteiger partial charge in [0.05, 0.1) is 20.6 Å². The lowest BCUT2D eigenvalue weighted by molar-refractivity contribution is -0.149. The molecule has 1 aliphatic heterocycles. The van der Waals surface area contributed by atoms with E-state index in [0.717, 1.165) is 11.1 Å². The number of hydrogen-bond acceptors (Lipinski definition) is 4. The van der Waals surface area contributed by atoms with E-state index in [9.17, 15) is 4.79 Å². The van der Waals surface area contributed by atoms with E-state index in [-0.39, 0.29) is 12.1 Å². The first-order valence-corrected chi connectivity index (χ1v) is 5.10. The molecule has 1 heterocycles. The predicted molar refractivity (Wildman–Crippen MR) is 57.8 cm³/mol. The summed E-state index contributed by atoms with van der Waals surface area (Å²) < 4.78 is 15.7. The molecule has 2 rings (SSSR count). The first-order chi connectivity index (χ1) is 7.67. The van der Waals surface area contributed by atoms with E-state index < -0.39 is 0 Å². The second-order valence-corrected chi connectivity index (χ2v) is 3.68. The number of rotatable bonds is 2. The maximum Gasteiger partial charge on any atom is 0.310 e. The summed E-state index contributed by atoms with van der Waals surface area (Å²) in [6, 6.07) is 3.69. The van der Waals surface area contributed by atoms with Crippen LogP contribution in [0.2, 0.25) is 0 Å². The molecule has 1 atom stereocenters. The number of cyclic esters (lactones) is 1. The number of carbonyl (C=O) groups is 1. The summed E-state index contributed by atoms with van der Waals surface area (Å²) in [6.07, 6.45) is 0.00123. The number of fused-ring (bicyclic) bond motifs is 1. The summed E-state index contributed by atoms with van der Waals surface area (Å²) in [7, 11) is 3.17. The van der Waals surface area contributed by atoms with Crippen molar-refractivity contribution in [2.75, 3.05) is 14.2 Å². The van der Waals surface area contributed by atoms with Crippen LogP contribution in [0.5, 0.6) is 11.5 Å². The molecule has 4 nitrogen and oxygen atoms in total. The van der Waals surface area contributed by atoms with Gasteiger partial charge in [0.25, 0.3) is 0 Å². The van der Waals surface area contributed by atoms with Gasteiger partial charge in [0.15, 0.2) is 11.5 Å². The maximum atomic E-state index is 11.3. The molecular weight excluding hydrogens is 208 g/mol. The zero-order chi connectivity index (χ0) is 11.7. The van der Waals surface area contributed by atoms with E-state index in [1.54, 1.807) is 14.2 Å². The van der Waals surface area contributed by atoms with Crippen LogP contribution in [0.3, 0.4) is 0 Å². The van der Waals surface area contributed by atoms with E-state index in [2.05, 4.69) is 0 Å². The summed E-state index contributed by atoms with van der Waals surface area (Å²) >= 11 is 0. The Labute approximate surface area is 94.1 Å². The molecule has 0 aromatic heterocycles. The lowest BCUT2D eigenvalue weighted by atomic mass is 9.96. The third kappa shape index (κ3) is 1.60. The van der Waals surface area contributed by atoms with Crippen LogP contribution >= 0.6 is 0 Å². The molecule has 0 radical (unpaired) electrons. The van der Waals surface area contributed by atoms with Gasteiger partial charge in [-0.3, -0.25) is 4.79 Å². The first-order valence-electron chi connectivity index (χ1n) is 5.10. The van der Waals surface area contributed by atoms with Crippen molar-refractivity contribution < 1.29 is 19.0 Å². The van der Waals surface area contributed by atoms with Crippen LogP contribution in [0, 0.1) is 0 Å². The molecule has 86 valence electrons. The van der Waals surface area contributed by atoms with Crippen molar-refractivity contribution in [3.05, 3.63) is 23.3 Å². The Morgan fingerprint density at radius 2 is 2.06 bits per heavy atom. The molecule has 4 heteroatoms. The van der Waals surface area contributed by atoms with Crippen LogP contribution in [0.15, 0.2) is 12.1 Å². The van der Waals surface area contributed by atoms with Crippen LogP contribution in [0.1, 0.15) is 24.2 Å². The average molecular weight is 222 g/mol. The number of ether oxygens (including phenoxy) is 3. The van der Waals surface area contributed by atoms with Gasteiger partial charge in [-0.25, -0.2) is 0 Å². The van der Waals surface area contributed by atoms with Gasteiger partial charge >= 0.3 is 5.97 Å². The van der Waals surface area contributed by atoms with Gasteiger partial charge < -0.3 is 14.2 Å². The normalized spacial score (nSPS) is 18.7. The van der Waals surface area contributed by atoms with Crippen LogP contribution < -0.4 is 9.47 Å². The molecule has 0 N–H and O–H groups in total. The number of benzene rings is 1. The van der Waals surface area contributed by atoms with Crippen molar-refractivity contribution in [1.29, 1.82) is 0 Å². The van der Waals surface area contributed by atoms with E-state index in [0.29, 0.717) is 17.9 Å². The van der Waals surface area contributed by atoms with Crippen LogP contribution in [0.4, 0.5) is 0 Å². The van der Waals surface area contributed by atoms with Crippen LogP contribution in [0.25, 0.3) is 0 Å². The third-order valence-electron chi connectivity index (χ3n) is 2.72. The second-order valence-electron chi connectivity index (χ2n) is 3.68. The first kappa shape index (κ1) is 10.8. The van der Waals surface area contributed by atoms with E-state index >= 15 is 0 Å². The minimum atomic E-state index is -0.290. The minimum absolute atomic E-state index is 0.202. The lowest BCUT2D eigenvalue weighted by Crippen LogP contribution is -2.20. The molecule has 1 unspecified atom stereocenters. The van der Waals surface area contributed by atoms with Crippen molar-refractivity contribution in [3.63, 3.8) is 0 Å². The Kier molecular flexibility index (Phi) is 2.73. The quantitative estimate of drug-likeness (QED) is 0.716. The fourth-order valence-electron chi connectivity index (χ4n) is 2.04. The number of methoxy groups -OCH3 is 2. The van der Waals surface area contributed by atoms with Crippen molar-refractivity contribution in [2.24, 2.45) is 0 Å². The van der Waals surface area contributed by atoms with E-state index in [1.165, 1.54) is 0 Å². The van der Waals surface area contributed by atoms with Gasteiger partial charge in [0, 0.05) is 5.56 Å². The van der Waals surface area contributed by atoms with Gasteiger partial charge in [-0.2, -0.15) is 0 Å².